The molecule has 0 aliphatic heterocycles. The topological polar surface area (TPSA) is 237 Å². The third-order valence-electron chi connectivity index (χ3n) is 16.3. The maximum absolute atomic E-state index is 13.0. The van der Waals surface area contributed by atoms with Gasteiger partial charge in [-0.2, -0.15) is 0 Å². The molecule has 87 heavy (non-hydrogen) atoms. The molecule has 19 heteroatoms. The smallest absolute Gasteiger partial charge is 0.462 e. The van der Waals surface area contributed by atoms with Crippen LogP contribution in [0.25, 0.3) is 0 Å². The first-order valence-electron chi connectivity index (χ1n) is 35.3. The standard InChI is InChI=1S/C68H132O17P2/c1-9-60(7)46-38-30-22-17-18-23-32-40-48-65(70)78-55-64(85-68(73)51-43-35-27-26-31-39-47-61(8)10-2)57-83-87(76,77)81-53-62(69)52-80-86(74,75)82-56-63(54-79-66(71)49-41-33-25-19-21-29-37-45-59(5)6)84-67(72)50-42-34-24-16-14-12-11-13-15-20-28-36-44-58(3)4/h58-64,69H,9-57H2,1-8H3,(H,74,75)(H,76,77)/t60?,61?,62?,63-,64-/m1/s1. The number of unbranched alkanes of at least 4 members (excludes halogenated alkanes) is 29. The second kappa shape index (κ2) is 57.9. The highest BCUT2D eigenvalue weighted by Gasteiger charge is 2.30. The normalized spacial score (nSPS) is 15.0. The Labute approximate surface area is 530 Å². The first kappa shape index (κ1) is 85.1. The summed E-state index contributed by atoms with van der Waals surface area (Å²) in [5, 5.41) is 10.6. The number of hydrogen-bond donors (Lipinski definition) is 3. The molecule has 5 unspecified atom stereocenters. The quantitative estimate of drug-likeness (QED) is 0.0222. The van der Waals surface area contributed by atoms with Gasteiger partial charge in [-0.3, -0.25) is 37.3 Å². The fraction of sp³-hybridized carbons (Fsp3) is 0.941. The minimum absolute atomic E-state index is 0.102. The summed E-state index contributed by atoms with van der Waals surface area (Å²) >= 11 is 0. The van der Waals surface area contributed by atoms with Gasteiger partial charge in [0.15, 0.2) is 12.2 Å². The van der Waals surface area contributed by atoms with Crippen molar-refractivity contribution in [2.75, 3.05) is 39.6 Å². The summed E-state index contributed by atoms with van der Waals surface area (Å²) in [5.41, 5.74) is 0. The highest BCUT2D eigenvalue weighted by molar-refractivity contribution is 7.47. The number of aliphatic hydroxyl groups is 1. The summed E-state index contributed by atoms with van der Waals surface area (Å²) in [7, 11) is -9.90. The molecule has 0 rings (SSSR count). The average Bonchev–Trinajstić information content (AvgIpc) is 3.59. The lowest BCUT2D eigenvalue weighted by molar-refractivity contribution is -0.161. The number of rotatable bonds is 65. The molecule has 0 bridgehead atoms. The Bertz CT molecular complexity index is 1730. The summed E-state index contributed by atoms with van der Waals surface area (Å²) in [6.45, 7) is 14.0. The molecule has 3 N–H and O–H groups in total. The molecule has 0 heterocycles. The van der Waals surface area contributed by atoms with Crippen molar-refractivity contribution < 1.29 is 80.2 Å². The van der Waals surface area contributed by atoms with E-state index in [0.717, 1.165) is 114 Å². The lowest BCUT2D eigenvalue weighted by atomic mass is 9.99. The zero-order valence-corrected chi connectivity index (χ0v) is 58.4. The zero-order valence-electron chi connectivity index (χ0n) is 56.6. The number of carbonyl (C=O) groups is 4. The van der Waals surface area contributed by atoms with Gasteiger partial charge in [-0.25, -0.2) is 9.13 Å². The van der Waals surface area contributed by atoms with E-state index in [1.54, 1.807) is 0 Å². The lowest BCUT2D eigenvalue weighted by Crippen LogP contribution is -2.30. The van der Waals surface area contributed by atoms with Crippen molar-refractivity contribution >= 4 is 39.5 Å². The van der Waals surface area contributed by atoms with Gasteiger partial charge in [-0.1, -0.05) is 280 Å². The second-order valence-electron chi connectivity index (χ2n) is 26.0. The van der Waals surface area contributed by atoms with Gasteiger partial charge < -0.3 is 33.8 Å². The summed E-state index contributed by atoms with van der Waals surface area (Å²) in [5.74, 6) is 0.844. The molecule has 0 saturated heterocycles. The van der Waals surface area contributed by atoms with Gasteiger partial charge in [0.05, 0.1) is 26.4 Å². The molecular weight excluding hydrogens is 1150 g/mol. The maximum atomic E-state index is 13.0. The molecule has 0 fully saturated rings. The Balaban J connectivity index is 5.25. The Morgan fingerprint density at radius 2 is 0.552 bits per heavy atom. The van der Waals surface area contributed by atoms with Gasteiger partial charge in [0.2, 0.25) is 0 Å². The van der Waals surface area contributed by atoms with Crippen molar-refractivity contribution in [3.63, 3.8) is 0 Å². The van der Waals surface area contributed by atoms with E-state index in [1.807, 2.05) is 0 Å². The molecule has 0 aromatic carbocycles. The first-order valence-corrected chi connectivity index (χ1v) is 38.3. The van der Waals surface area contributed by atoms with Crippen molar-refractivity contribution in [3.8, 4) is 0 Å². The maximum Gasteiger partial charge on any atom is 0.472 e. The van der Waals surface area contributed by atoms with Crippen LogP contribution in [-0.2, 0) is 65.4 Å². The highest BCUT2D eigenvalue weighted by atomic mass is 31.2. The number of phosphoric acid groups is 2. The minimum atomic E-state index is -4.95. The summed E-state index contributed by atoms with van der Waals surface area (Å²) in [6.07, 6.45) is 39.0. The molecule has 7 atom stereocenters. The van der Waals surface area contributed by atoms with E-state index < -0.39 is 97.5 Å². The summed E-state index contributed by atoms with van der Waals surface area (Å²) in [4.78, 5) is 72.4. The first-order chi connectivity index (χ1) is 41.7. The van der Waals surface area contributed by atoms with Crippen LogP contribution in [-0.4, -0.2) is 96.7 Å². The van der Waals surface area contributed by atoms with Crippen LogP contribution in [0, 0.1) is 23.7 Å². The van der Waals surface area contributed by atoms with Crippen LogP contribution >= 0.6 is 15.6 Å². The number of carbonyl (C=O) groups excluding carboxylic acids is 4. The van der Waals surface area contributed by atoms with Crippen LogP contribution in [0.3, 0.4) is 0 Å². The van der Waals surface area contributed by atoms with Crippen LogP contribution in [0.1, 0.15) is 331 Å². The van der Waals surface area contributed by atoms with Crippen LogP contribution in [0.4, 0.5) is 0 Å². The van der Waals surface area contributed by atoms with Gasteiger partial charge in [-0.05, 0) is 49.4 Å². The molecule has 0 radical (unpaired) electrons. The van der Waals surface area contributed by atoms with Gasteiger partial charge in [0.1, 0.15) is 19.3 Å². The van der Waals surface area contributed by atoms with E-state index in [9.17, 15) is 43.2 Å². The van der Waals surface area contributed by atoms with E-state index in [1.165, 1.54) is 128 Å². The molecule has 0 aliphatic rings. The summed E-state index contributed by atoms with van der Waals surface area (Å²) < 4.78 is 68.2. The van der Waals surface area contributed by atoms with Gasteiger partial charge in [0.25, 0.3) is 0 Å². The number of ether oxygens (including phenoxy) is 4. The monoisotopic (exact) mass is 1280 g/mol. The molecule has 516 valence electrons. The molecular formula is C68H132O17P2. The Morgan fingerprint density at radius 3 is 0.816 bits per heavy atom. The number of esters is 4. The van der Waals surface area contributed by atoms with Gasteiger partial charge >= 0.3 is 39.5 Å². The second-order valence-corrected chi connectivity index (χ2v) is 28.9. The third kappa shape index (κ3) is 60.1. The summed E-state index contributed by atoms with van der Waals surface area (Å²) in [6, 6.07) is 0. The van der Waals surface area contributed by atoms with Crippen LogP contribution in [0.5, 0.6) is 0 Å². The lowest BCUT2D eigenvalue weighted by Gasteiger charge is -2.21. The van der Waals surface area contributed by atoms with E-state index in [2.05, 4.69) is 55.4 Å². The van der Waals surface area contributed by atoms with Crippen molar-refractivity contribution in [2.45, 2.75) is 350 Å². The van der Waals surface area contributed by atoms with E-state index in [0.29, 0.717) is 31.6 Å². The van der Waals surface area contributed by atoms with Gasteiger partial charge in [0, 0.05) is 25.7 Å². The van der Waals surface area contributed by atoms with Gasteiger partial charge in [-0.15, -0.1) is 0 Å². The van der Waals surface area contributed by atoms with Crippen molar-refractivity contribution in [1.82, 2.24) is 0 Å². The fourth-order valence-corrected chi connectivity index (χ4v) is 11.7. The highest BCUT2D eigenvalue weighted by Crippen LogP contribution is 2.45. The third-order valence-corrected chi connectivity index (χ3v) is 18.2. The van der Waals surface area contributed by atoms with Crippen molar-refractivity contribution in [2.24, 2.45) is 23.7 Å². The average molecular weight is 1280 g/mol. The molecule has 0 amide bonds. The van der Waals surface area contributed by atoms with Crippen LogP contribution in [0.15, 0.2) is 0 Å². The molecule has 0 saturated carbocycles. The zero-order chi connectivity index (χ0) is 64.7. The molecule has 0 aromatic rings. The Hall–Kier alpha value is -1.94. The number of phosphoric ester groups is 2. The SMILES string of the molecule is CCC(C)CCCCCCCCCCC(=O)OC[C@H](COP(=O)(O)OCC(O)COP(=O)(O)OC[C@@H](COC(=O)CCCCCCCCCC(C)C)OC(=O)CCCCCCCCCCCCCCC(C)C)OC(=O)CCCCCCCCC(C)CC. The van der Waals surface area contributed by atoms with E-state index in [-0.39, 0.29) is 25.7 Å². The Kier molecular flexibility index (Phi) is 56.6. The van der Waals surface area contributed by atoms with Crippen molar-refractivity contribution in [3.05, 3.63) is 0 Å². The largest absolute Gasteiger partial charge is 0.472 e. The molecule has 0 aliphatic carbocycles. The number of hydrogen-bond acceptors (Lipinski definition) is 15. The molecule has 0 spiro atoms. The fourth-order valence-electron chi connectivity index (χ4n) is 10.1. The predicted molar refractivity (Wildman–Crippen MR) is 349 cm³/mol. The minimum Gasteiger partial charge on any atom is -0.462 e. The van der Waals surface area contributed by atoms with Crippen molar-refractivity contribution in [1.29, 1.82) is 0 Å². The van der Waals surface area contributed by atoms with Crippen LogP contribution in [0.2, 0.25) is 0 Å². The predicted octanol–water partition coefficient (Wildman–Crippen LogP) is 18.9. The van der Waals surface area contributed by atoms with Crippen LogP contribution < -0.4 is 0 Å². The van der Waals surface area contributed by atoms with E-state index in [4.69, 9.17) is 37.0 Å². The molecule has 0 aromatic heterocycles. The Morgan fingerprint density at radius 1 is 0.322 bits per heavy atom. The van der Waals surface area contributed by atoms with E-state index >= 15 is 0 Å². The number of aliphatic hydroxyl groups excluding tert-OH is 1. The molecule has 17 nitrogen and oxygen atoms in total.